The van der Waals surface area contributed by atoms with Crippen molar-refractivity contribution in [3.05, 3.63) is 37.2 Å². The van der Waals surface area contributed by atoms with Gasteiger partial charge in [0.2, 0.25) is 0 Å². The zero-order chi connectivity index (χ0) is 14.9. The molecule has 0 amide bonds. The Morgan fingerprint density at radius 2 is 2.14 bits per heavy atom. The van der Waals surface area contributed by atoms with Crippen molar-refractivity contribution in [2.75, 3.05) is 18.0 Å². The van der Waals surface area contributed by atoms with Crippen molar-refractivity contribution in [1.82, 2.24) is 19.9 Å². The van der Waals surface area contributed by atoms with Gasteiger partial charge in [0.05, 0.1) is 0 Å². The Bertz CT molecular complexity index is 786. The van der Waals surface area contributed by atoms with Crippen LogP contribution in [0.1, 0.15) is 12.8 Å². The molecular formula is C16H16AsN5. The second kappa shape index (κ2) is 5.73. The van der Waals surface area contributed by atoms with Crippen molar-refractivity contribution in [3.63, 3.8) is 0 Å². The third-order valence-corrected chi connectivity index (χ3v) is 5.04. The normalized spacial score (nSPS) is 18.8. The molecule has 1 atom stereocenters. The molecule has 1 aliphatic rings. The number of anilines is 1. The quantitative estimate of drug-likeness (QED) is 0.720. The fraction of sp³-hybridized carbons (Fsp3) is 0.312. The van der Waals surface area contributed by atoms with Crippen LogP contribution in [0.5, 0.6) is 0 Å². The van der Waals surface area contributed by atoms with Gasteiger partial charge in [-0.15, -0.1) is 0 Å². The maximum atomic E-state index is 4.47. The van der Waals surface area contributed by atoms with Gasteiger partial charge < -0.3 is 0 Å². The molecule has 6 heteroatoms. The van der Waals surface area contributed by atoms with E-state index in [1.807, 2.05) is 24.8 Å². The molecule has 0 saturated carbocycles. The second-order valence-corrected chi connectivity index (χ2v) is 7.16. The summed E-state index contributed by atoms with van der Waals surface area (Å²) in [6, 6.07) is 2.12. The molecule has 4 heterocycles. The van der Waals surface area contributed by atoms with Gasteiger partial charge in [0.25, 0.3) is 0 Å². The number of aromatic nitrogens is 4. The number of fused-ring (bicyclic) bond motifs is 1. The van der Waals surface area contributed by atoms with Crippen molar-refractivity contribution in [2.45, 2.75) is 17.5 Å². The molecule has 0 unspecified atom stereocenters. The van der Waals surface area contributed by atoms with Gasteiger partial charge in [0, 0.05) is 0 Å². The Balaban J connectivity index is 1.86. The number of hydrogen-bond acceptors (Lipinski definition) is 4. The first-order valence-corrected chi connectivity index (χ1v) is 8.56. The summed E-state index contributed by atoms with van der Waals surface area (Å²) in [5, 5.41) is 1.17. The van der Waals surface area contributed by atoms with E-state index in [0.717, 1.165) is 29.9 Å². The standard InChI is InChI=1S/C16H16AsN5/c17-12-2-1-5-22(9-12)14-3-4-20-16-15(14)13(8-21-16)11-6-18-10-19-7-11/h3-4,6-8,10,12H,1-2,5,9H2,(H,20,21)/t12-/m0/s1. The first kappa shape index (κ1) is 13.8. The van der Waals surface area contributed by atoms with Gasteiger partial charge >= 0.3 is 137 Å². The summed E-state index contributed by atoms with van der Waals surface area (Å²) >= 11 is 2.80. The molecule has 0 aliphatic carbocycles. The number of nitrogens with zero attached hydrogens (tertiary/aromatic N) is 4. The van der Waals surface area contributed by atoms with Crippen molar-refractivity contribution >= 4 is 33.6 Å². The fourth-order valence-corrected chi connectivity index (χ4v) is 3.94. The predicted molar refractivity (Wildman–Crippen MR) is 88.1 cm³/mol. The van der Waals surface area contributed by atoms with E-state index in [1.54, 1.807) is 6.33 Å². The zero-order valence-electron chi connectivity index (χ0n) is 12.1. The van der Waals surface area contributed by atoms with Crippen LogP contribution in [-0.2, 0) is 0 Å². The van der Waals surface area contributed by atoms with Crippen LogP contribution < -0.4 is 4.90 Å². The number of aromatic amines is 1. The van der Waals surface area contributed by atoms with E-state index in [-0.39, 0.29) is 0 Å². The van der Waals surface area contributed by atoms with Crippen molar-refractivity contribution in [3.8, 4) is 11.1 Å². The minimum absolute atomic E-state index is 0.673. The van der Waals surface area contributed by atoms with E-state index >= 15 is 0 Å². The van der Waals surface area contributed by atoms with Crippen molar-refractivity contribution < 1.29 is 0 Å². The maximum absolute atomic E-state index is 4.47. The van der Waals surface area contributed by atoms with Gasteiger partial charge in [-0.1, -0.05) is 0 Å². The second-order valence-electron chi connectivity index (χ2n) is 5.63. The number of piperidine rings is 1. The van der Waals surface area contributed by atoms with Gasteiger partial charge in [-0.05, 0) is 0 Å². The first-order valence-electron chi connectivity index (χ1n) is 7.47. The topological polar surface area (TPSA) is 57.7 Å². The van der Waals surface area contributed by atoms with Crippen LogP contribution in [0.3, 0.4) is 0 Å². The number of hydrogen-bond donors (Lipinski definition) is 1. The Labute approximate surface area is 137 Å². The molecule has 110 valence electrons. The van der Waals surface area contributed by atoms with Crippen LogP contribution in [0.15, 0.2) is 37.2 Å². The summed E-state index contributed by atoms with van der Waals surface area (Å²) in [6.07, 6.45) is 11.7. The molecule has 0 bridgehead atoms. The summed E-state index contributed by atoms with van der Waals surface area (Å²) in [5.41, 5.74) is 4.31. The van der Waals surface area contributed by atoms with Crippen LogP contribution in [0.25, 0.3) is 22.2 Å². The molecule has 0 spiro atoms. The molecule has 3 aromatic rings. The number of nitrogens with one attached hydrogen (secondary N) is 1. The summed E-state index contributed by atoms with van der Waals surface area (Å²) in [6.45, 7) is 2.18. The average molecular weight is 353 g/mol. The molecule has 1 aliphatic heterocycles. The van der Waals surface area contributed by atoms with Crippen LogP contribution >= 0.6 is 0 Å². The molecule has 22 heavy (non-hydrogen) atoms. The molecule has 1 N–H and O–H groups in total. The third-order valence-electron chi connectivity index (χ3n) is 4.16. The summed E-state index contributed by atoms with van der Waals surface area (Å²) in [7, 11) is 0. The van der Waals surface area contributed by atoms with E-state index in [2.05, 4.69) is 47.8 Å². The fourth-order valence-electron chi connectivity index (χ4n) is 3.14. The molecular weight excluding hydrogens is 337 g/mol. The molecule has 2 radical (unpaired) electrons. The zero-order valence-corrected chi connectivity index (χ0v) is 14.0. The van der Waals surface area contributed by atoms with E-state index < -0.39 is 0 Å². The molecule has 1 fully saturated rings. The Kier molecular flexibility index (Phi) is 3.58. The number of H-pyrrole nitrogens is 1. The van der Waals surface area contributed by atoms with Gasteiger partial charge in [0.15, 0.2) is 0 Å². The first-order chi connectivity index (χ1) is 10.8. The Hall–Kier alpha value is -1.87. The summed E-state index contributed by atoms with van der Waals surface area (Å²) in [4.78, 5) is 18.5. The van der Waals surface area contributed by atoms with Gasteiger partial charge in [-0.25, -0.2) is 0 Å². The Morgan fingerprint density at radius 1 is 1.27 bits per heavy atom. The van der Waals surface area contributed by atoms with Crippen molar-refractivity contribution in [2.24, 2.45) is 0 Å². The van der Waals surface area contributed by atoms with Gasteiger partial charge in [-0.3, -0.25) is 0 Å². The number of rotatable bonds is 2. The van der Waals surface area contributed by atoms with Crippen molar-refractivity contribution in [1.29, 1.82) is 0 Å². The summed E-state index contributed by atoms with van der Waals surface area (Å²) < 4.78 is 0.673. The monoisotopic (exact) mass is 353 g/mol. The third kappa shape index (κ3) is 2.39. The minimum atomic E-state index is 0.673. The van der Waals surface area contributed by atoms with E-state index in [4.69, 9.17) is 0 Å². The molecule has 3 aromatic heterocycles. The van der Waals surface area contributed by atoms with Crippen LogP contribution in [0.2, 0.25) is 4.71 Å². The average Bonchev–Trinajstić information content (AvgIpc) is 3.00. The SMILES string of the molecule is [As][C@H]1CCCN(c2ccnc3[nH]cc(-c4cncnc4)c23)C1. The molecule has 1 saturated heterocycles. The van der Waals surface area contributed by atoms with Crippen LogP contribution in [0, 0.1) is 0 Å². The molecule has 5 nitrogen and oxygen atoms in total. The predicted octanol–water partition coefficient (Wildman–Crippen LogP) is 2.58. The summed E-state index contributed by atoms with van der Waals surface area (Å²) in [5.74, 6) is 0. The van der Waals surface area contributed by atoms with Crippen LogP contribution in [0.4, 0.5) is 5.69 Å². The van der Waals surface area contributed by atoms with Gasteiger partial charge in [-0.2, -0.15) is 0 Å². The van der Waals surface area contributed by atoms with Gasteiger partial charge in [0.1, 0.15) is 0 Å². The Morgan fingerprint density at radius 3 is 2.95 bits per heavy atom. The van der Waals surface area contributed by atoms with E-state index in [0.29, 0.717) is 4.71 Å². The molecule has 4 rings (SSSR count). The molecule has 0 aromatic carbocycles. The van der Waals surface area contributed by atoms with Crippen LogP contribution in [-0.4, -0.2) is 49.9 Å². The van der Waals surface area contributed by atoms with E-state index in [9.17, 15) is 0 Å². The van der Waals surface area contributed by atoms with E-state index in [1.165, 1.54) is 23.9 Å². The number of pyridine rings is 1.